The van der Waals surface area contributed by atoms with Crippen molar-refractivity contribution in [2.75, 3.05) is 5.73 Å². The van der Waals surface area contributed by atoms with E-state index in [-0.39, 0.29) is 0 Å². The molecule has 4 heteroatoms. The number of aryl methyl sites for hydroxylation is 1. The van der Waals surface area contributed by atoms with Crippen molar-refractivity contribution in [1.29, 1.82) is 0 Å². The number of hydrogen-bond donors (Lipinski definition) is 2. The molecule has 0 fully saturated rings. The van der Waals surface area contributed by atoms with Gasteiger partial charge in [0.25, 0.3) is 0 Å². The van der Waals surface area contributed by atoms with Crippen molar-refractivity contribution in [1.82, 2.24) is 9.78 Å². The number of phenols is 1. The molecule has 0 saturated heterocycles. The number of anilines is 1. The van der Waals surface area contributed by atoms with Crippen LogP contribution in [0.4, 0.5) is 5.69 Å². The van der Waals surface area contributed by atoms with Gasteiger partial charge in [-0.05, 0) is 24.5 Å². The molecule has 0 radical (unpaired) electrons. The standard InChI is InChI=1S/C13H17N3O/c1-8(2)11-5-4-10(6-13(11)17)16-7-12(14)9(3)15-16/h4-8,17H,14H2,1-3H3. The number of phenolic OH excluding ortho intramolecular Hbond substituents is 1. The van der Waals surface area contributed by atoms with Crippen LogP contribution in [0.1, 0.15) is 31.0 Å². The van der Waals surface area contributed by atoms with E-state index in [0.717, 1.165) is 16.9 Å². The van der Waals surface area contributed by atoms with Crippen LogP contribution in [0.25, 0.3) is 5.69 Å². The zero-order valence-electron chi connectivity index (χ0n) is 10.3. The highest BCUT2D eigenvalue weighted by molar-refractivity contribution is 5.48. The second-order valence-electron chi connectivity index (χ2n) is 4.51. The minimum atomic E-state index is 0.296. The number of benzene rings is 1. The van der Waals surface area contributed by atoms with Crippen molar-refractivity contribution in [2.24, 2.45) is 0 Å². The van der Waals surface area contributed by atoms with E-state index in [4.69, 9.17) is 5.73 Å². The van der Waals surface area contributed by atoms with Crippen LogP contribution in [0.3, 0.4) is 0 Å². The van der Waals surface area contributed by atoms with Crippen LogP contribution >= 0.6 is 0 Å². The summed E-state index contributed by atoms with van der Waals surface area (Å²) in [6.07, 6.45) is 1.75. The molecular weight excluding hydrogens is 214 g/mol. The molecule has 0 bridgehead atoms. The third-order valence-electron chi connectivity index (χ3n) is 2.84. The Kier molecular flexibility index (Phi) is 2.79. The third kappa shape index (κ3) is 2.11. The van der Waals surface area contributed by atoms with Crippen molar-refractivity contribution >= 4 is 5.69 Å². The van der Waals surface area contributed by atoms with Crippen LogP contribution < -0.4 is 5.73 Å². The van der Waals surface area contributed by atoms with E-state index in [9.17, 15) is 5.11 Å². The lowest BCUT2D eigenvalue weighted by Gasteiger charge is -2.10. The molecule has 2 aromatic rings. The summed E-state index contributed by atoms with van der Waals surface area (Å²) < 4.78 is 1.68. The largest absolute Gasteiger partial charge is 0.508 e. The van der Waals surface area contributed by atoms with Gasteiger partial charge in [0.1, 0.15) is 5.75 Å². The fourth-order valence-electron chi connectivity index (χ4n) is 1.77. The van der Waals surface area contributed by atoms with Gasteiger partial charge in [-0.3, -0.25) is 0 Å². The molecule has 0 amide bonds. The van der Waals surface area contributed by atoms with Gasteiger partial charge in [-0.1, -0.05) is 19.9 Å². The number of nitrogen functional groups attached to an aromatic ring is 1. The molecule has 0 saturated carbocycles. The quantitative estimate of drug-likeness (QED) is 0.835. The maximum atomic E-state index is 9.93. The van der Waals surface area contributed by atoms with Gasteiger partial charge in [-0.15, -0.1) is 0 Å². The number of nitrogens with two attached hydrogens (primary N) is 1. The van der Waals surface area contributed by atoms with E-state index >= 15 is 0 Å². The Balaban J connectivity index is 2.44. The molecule has 2 rings (SSSR count). The topological polar surface area (TPSA) is 64.1 Å². The first-order chi connectivity index (χ1) is 7.99. The van der Waals surface area contributed by atoms with Gasteiger partial charge in [0.05, 0.1) is 23.3 Å². The van der Waals surface area contributed by atoms with Crippen molar-refractivity contribution in [3.8, 4) is 11.4 Å². The second kappa shape index (κ2) is 4.13. The molecule has 90 valence electrons. The molecule has 4 nitrogen and oxygen atoms in total. The summed E-state index contributed by atoms with van der Waals surface area (Å²) in [7, 11) is 0. The number of nitrogens with zero attached hydrogens (tertiary/aromatic N) is 2. The molecule has 1 aromatic heterocycles. The molecular formula is C13H17N3O. The highest BCUT2D eigenvalue weighted by Crippen LogP contribution is 2.27. The van der Waals surface area contributed by atoms with Crippen molar-refractivity contribution < 1.29 is 5.11 Å². The van der Waals surface area contributed by atoms with E-state index in [1.165, 1.54) is 0 Å². The number of aromatic nitrogens is 2. The smallest absolute Gasteiger partial charge is 0.121 e. The molecule has 0 spiro atoms. The molecule has 3 N–H and O–H groups in total. The predicted molar refractivity (Wildman–Crippen MR) is 68.5 cm³/mol. The van der Waals surface area contributed by atoms with Crippen LogP contribution in [0, 0.1) is 6.92 Å². The molecule has 0 aliphatic rings. The highest BCUT2D eigenvalue weighted by Gasteiger charge is 2.09. The van der Waals surface area contributed by atoms with Gasteiger partial charge < -0.3 is 10.8 Å². The van der Waals surface area contributed by atoms with Crippen LogP contribution in [-0.2, 0) is 0 Å². The molecule has 17 heavy (non-hydrogen) atoms. The fraction of sp³-hybridized carbons (Fsp3) is 0.308. The summed E-state index contributed by atoms with van der Waals surface area (Å²) in [6, 6.07) is 5.56. The lowest BCUT2D eigenvalue weighted by Crippen LogP contribution is -1.96. The van der Waals surface area contributed by atoms with Crippen LogP contribution in [-0.4, -0.2) is 14.9 Å². The minimum Gasteiger partial charge on any atom is -0.508 e. The van der Waals surface area contributed by atoms with Crippen LogP contribution in [0.2, 0.25) is 0 Å². The van der Waals surface area contributed by atoms with Crippen molar-refractivity contribution in [3.05, 3.63) is 35.7 Å². The monoisotopic (exact) mass is 231 g/mol. The zero-order valence-corrected chi connectivity index (χ0v) is 10.3. The first-order valence-corrected chi connectivity index (χ1v) is 5.64. The van der Waals surface area contributed by atoms with E-state index in [2.05, 4.69) is 5.10 Å². The lowest BCUT2D eigenvalue weighted by molar-refractivity contribution is 0.464. The minimum absolute atomic E-state index is 0.296. The Bertz CT molecular complexity index is 524. The lowest BCUT2D eigenvalue weighted by atomic mass is 10.0. The third-order valence-corrected chi connectivity index (χ3v) is 2.84. The molecule has 0 aliphatic carbocycles. The Morgan fingerprint density at radius 1 is 1.35 bits per heavy atom. The average Bonchev–Trinajstić information content (AvgIpc) is 2.58. The van der Waals surface area contributed by atoms with E-state index in [1.807, 2.05) is 32.9 Å². The van der Waals surface area contributed by atoms with Gasteiger partial charge in [-0.2, -0.15) is 5.10 Å². The molecule has 1 aromatic carbocycles. The summed E-state index contributed by atoms with van der Waals surface area (Å²) in [6.45, 7) is 5.95. The maximum Gasteiger partial charge on any atom is 0.121 e. The predicted octanol–water partition coefficient (Wildman–Crippen LogP) is 2.59. The van der Waals surface area contributed by atoms with E-state index in [0.29, 0.717) is 17.4 Å². The summed E-state index contributed by atoms with van der Waals surface area (Å²) in [5.74, 6) is 0.595. The summed E-state index contributed by atoms with van der Waals surface area (Å²) in [5, 5.41) is 14.2. The van der Waals surface area contributed by atoms with Gasteiger partial charge in [0.15, 0.2) is 0 Å². The first-order valence-electron chi connectivity index (χ1n) is 5.64. The first kappa shape index (κ1) is 11.5. The molecule has 1 heterocycles. The average molecular weight is 231 g/mol. The normalized spacial score (nSPS) is 11.1. The zero-order chi connectivity index (χ0) is 12.6. The molecule has 0 aliphatic heterocycles. The number of hydrogen-bond acceptors (Lipinski definition) is 3. The number of aromatic hydroxyl groups is 1. The van der Waals surface area contributed by atoms with Gasteiger partial charge in [-0.25, -0.2) is 4.68 Å². The van der Waals surface area contributed by atoms with Crippen molar-refractivity contribution in [2.45, 2.75) is 26.7 Å². The SMILES string of the molecule is Cc1nn(-c2ccc(C(C)C)c(O)c2)cc1N. The Morgan fingerprint density at radius 3 is 2.53 bits per heavy atom. The molecule has 0 atom stereocenters. The second-order valence-corrected chi connectivity index (χ2v) is 4.51. The maximum absolute atomic E-state index is 9.93. The Morgan fingerprint density at radius 2 is 2.06 bits per heavy atom. The Hall–Kier alpha value is -1.97. The number of rotatable bonds is 2. The summed E-state index contributed by atoms with van der Waals surface area (Å²) in [5.41, 5.74) is 8.94. The van der Waals surface area contributed by atoms with Gasteiger partial charge >= 0.3 is 0 Å². The molecule has 0 unspecified atom stereocenters. The van der Waals surface area contributed by atoms with Crippen molar-refractivity contribution in [3.63, 3.8) is 0 Å². The summed E-state index contributed by atoms with van der Waals surface area (Å²) >= 11 is 0. The van der Waals surface area contributed by atoms with Gasteiger partial charge in [0.2, 0.25) is 0 Å². The van der Waals surface area contributed by atoms with Crippen LogP contribution in [0.5, 0.6) is 5.75 Å². The van der Waals surface area contributed by atoms with Crippen LogP contribution in [0.15, 0.2) is 24.4 Å². The Labute approximate surface area is 101 Å². The van der Waals surface area contributed by atoms with Gasteiger partial charge in [0, 0.05) is 6.07 Å². The van der Waals surface area contributed by atoms with E-state index in [1.54, 1.807) is 16.9 Å². The highest BCUT2D eigenvalue weighted by atomic mass is 16.3. The van der Waals surface area contributed by atoms with E-state index < -0.39 is 0 Å². The summed E-state index contributed by atoms with van der Waals surface area (Å²) in [4.78, 5) is 0. The fourth-order valence-corrected chi connectivity index (χ4v) is 1.77.